The molecular weight excluding hydrogens is 156 g/mol. The quantitative estimate of drug-likeness (QED) is 0.288. The highest BCUT2D eigenvalue weighted by Gasteiger charge is 1.62. The smallest absolute Gasteiger partial charge is 0.0661 e. The van der Waals surface area contributed by atoms with Gasteiger partial charge in [-0.15, -0.1) is 0 Å². The lowest BCUT2D eigenvalue weighted by molar-refractivity contribution is 0.322. The van der Waals surface area contributed by atoms with Crippen LogP contribution in [0.4, 0.5) is 0 Å². The van der Waals surface area contributed by atoms with E-state index in [0.717, 1.165) is 0 Å². The van der Waals surface area contributed by atoms with Crippen molar-refractivity contribution in [3.8, 4) is 0 Å². The van der Waals surface area contributed by atoms with Crippen molar-refractivity contribution >= 4 is 12.4 Å². The van der Waals surface area contributed by atoms with Crippen LogP contribution in [-0.4, -0.2) is 22.8 Å². The molecule has 0 rings (SSSR count). The Labute approximate surface area is 70.5 Å². The highest BCUT2D eigenvalue weighted by Crippen LogP contribution is 1.77. The second-order valence-corrected chi connectivity index (χ2v) is 1.68. The fourth-order valence-electron chi connectivity index (χ4n) is 0.433. The summed E-state index contributed by atoms with van der Waals surface area (Å²) < 4.78 is 0. The lowest BCUT2D eigenvalue weighted by atomic mass is 10.4. The molecule has 0 aromatic carbocycles. The number of hydrogen-bond donors (Lipinski definition) is 2. The van der Waals surface area contributed by atoms with Crippen molar-refractivity contribution in [2.75, 3.05) is 0 Å². The normalized spacial score (nSPS) is 13.7. The molecular formula is C8H10N2O2. The standard InChI is InChI=1S/C8H10N2O2/c11-9-7-5-3-1-2-4-6-8-10-12/h1-8,11-12H. The molecule has 64 valence electrons. The number of nitrogens with zero attached hydrogens (tertiary/aromatic N) is 2. The van der Waals surface area contributed by atoms with E-state index in [1.54, 1.807) is 36.5 Å². The van der Waals surface area contributed by atoms with Crippen molar-refractivity contribution < 1.29 is 10.4 Å². The maximum atomic E-state index is 7.97. The van der Waals surface area contributed by atoms with Crippen LogP contribution in [0.15, 0.2) is 46.8 Å². The second-order valence-electron chi connectivity index (χ2n) is 1.68. The van der Waals surface area contributed by atoms with Gasteiger partial charge in [-0.1, -0.05) is 34.6 Å². The number of allylic oxidation sites excluding steroid dienone is 6. The first-order valence-corrected chi connectivity index (χ1v) is 3.25. The summed E-state index contributed by atoms with van der Waals surface area (Å²) >= 11 is 0. The van der Waals surface area contributed by atoms with Crippen molar-refractivity contribution in [1.82, 2.24) is 0 Å². The highest BCUT2D eigenvalue weighted by molar-refractivity contribution is 5.71. The van der Waals surface area contributed by atoms with Crippen molar-refractivity contribution in [3.05, 3.63) is 36.5 Å². The largest absolute Gasteiger partial charge is 0.411 e. The molecule has 0 bridgehead atoms. The van der Waals surface area contributed by atoms with Gasteiger partial charge in [0.25, 0.3) is 0 Å². The zero-order valence-corrected chi connectivity index (χ0v) is 6.41. The second kappa shape index (κ2) is 9.16. The molecule has 0 saturated heterocycles. The van der Waals surface area contributed by atoms with E-state index in [2.05, 4.69) is 10.3 Å². The molecule has 0 aliphatic heterocycles. The minimum absolute atomic E-state index is 1.25. The molecule has 0 aliphatic rings. The van der Waals surface area contributed by atoms with Gasteiger partial charge in [0.05, 0.1) is 12.4 Å². The topological polar surface area (TPSA) is 65.2 Å². The Morgan fingerprint density at radius 3 is 1.25 bits per heavy atom. The minimum Gasteiger partial charge on any atom is -0.411 e. The van der Waals surface area contributed by atoms with Crippen LogP contribution in [0.3, 0.4) is 0 Å². The van der Waals surface area contributed by atoms with E-state index in [0.29, 0.717) is 0 Å². The van der Waals surface area contributed by atoms with Gasteiger partial charge in [0.2, 0.25) is 0 Å². The third-order valence-corrected chi connectivity index (χ3v) is 0.861. The third kappa shape index (κ3) is 8.16. The van der Waals surface area contributed by atoms with E-state index >= 15 is 0 Å². The Bertz CT molecular complexity index is 203. The molecule has 0 aromatic heterocycles. The number of hydrogen-bond acceptors (Lipinski definition) is 4. The van der Waals surface area contributed by atoms with Crippen LogP contribution in [0.1, 0.15) is 0 Å². The zero-order chi connectivity index (χ0) is 9.07. The average molecular weight is 166 g/mol. The first kappa shape index (κ1) is 10.2. The van der Waals surface area contributed by atoms with Gasteiger partial charge in [0, 0.05) is 0 Å². The van der Waals surface area contributed by atoms with Gasteiger partial charge in [0.15, 0.2) is 0 Å². The van der Waals surface area contributed by atoms with E-state index in [9.17, 15) is 0 Å². The summed E-state index contributed by atoms with van der Waals surface area (Å²) in [6.07, 6.45) is 12.5. The molecule has 0 atom stereocenters. The monoisotopic (exact) mass is 166 g/mol. The van der Waals surface area contributed by atoms with Crippen LogP contribution in [0, 0.1) is 0 Å². The zero-order valence-electron chi connectivity index (χ0n) is 6.41. The van der Waals surface area contributed by atoms with Crippen LogP contribution in [0.25, 0.3) is 0 Å². The van der Waals surface area contributed by atoms with Crippen LogP contribution < -0.4 is 0 Å². The molecule has 0 radical (unpaired) electrons. The Hall–Kier alpha value is -1.84. The molecule has 2 N–H and O–H groups in total. The summed E-state index contributed by atoms with van der Waals surface area (Å²) in [7, 11) is 0. The Balaban J connectivity index is 3.62. The Morgan fingerprint density at radius 2 is 0.917 bits per heavy atom. The molecule has 0 aliphatic carbocycles. The van der Waals surface area contributed by atoms with Gasteiger partial charge in [-0.2, -0.15) is 0 Å². The van der Waals surface area contributed by atoms with Crippen LogP contribution in [-0.2, 0) is 0 Å². The van der Waals surface area contributed by atoms with Gasteiger partial charge in [-0.25, -0.2) is 0 Å². The first-order chi connectivity index (χ1) is 5.91. The van der Waals surface area contributed by atoms with Crippen LogP contribution in [0.2, 0.25) is 0 Å². The predicted molar refractivity (Wildman–Crippen MR) is 48.0 cm³/mol. The van der Waals surface area contributed by atoms with Crippen molar-refractivity contribution in [2.24, 2.45) is 10.3 Å². The van der Waals surface area contributed by atoms with Crippen molar-refractivity contribution in [1.29, 1.82) is 0 Å². The fourth-order valence-corrected chi connectivity index (χ4v) is 0.433. The van der Waals surface area contributed by atoms with Gasteiger partial charge >= 0.3 is 0 Å². The van der Waals surface area contributed by atoms with E-state index in [4.69, 9.17) is 10.4 Å². The van der Waals surface area contributed by atoms with E-state index < -0.39 is 0 Å². The van der Waals surface area contributed by atoms with Gasteiger partial charge in [-0.3, -0.25) is 0 Å². The molecule has 4 heteroatoms. The predicted octanol–water partition coefficient (Wildman–Crippen LogP) is 1.57. The summed E-state index contributed by atoms with van der Waals surface area (Å²) in [5.41, 5.74) is 0. The Kier molecular flexibility index (Phi) is 7.76. The summed E-state index contributed by atoms with van der Waals surface area (Å²) in [6, 6.07) is 0. The maximum Gasteiger partial charge on any atom is 0.0661 e. The van der Waals surface area contributed by atoms with Gasteiger partial charge in [0.1, 0.15) is 0 Å². The van der Waals surface area contributed by atoms with Gasteiger partial charge < -0.3 is 10.4 Å². The SMILES string of the molecule is ON=CC=CC=CC=CC=NO. The van der Waals surface area contributed by atoms with Crippen molar-refractivity contribution in [2.45, 2.75) is 0 Å². The minimum atomic E-state index is 1.25. The van der Waals surface area contributed by atoms with Crippen molar-refractivity contribution in [3.63, 3.8) is 0 Å². The molecule has 0 heterocycles. The molecule has 4 nitrogen and oxygen atoms in total. The first-order valence-electron chi connectivity index (χ1n) is 3.25. The summed E-state index contributed by atoms with van der Waals surface area (Å²) in [6.45, 7) is 0. The van der Waals surface area contributed by atoms with Crippen LogP contribution >= 0.6 is 0 Å². The van der Waals surface area contributed by atoms with Crippen LogP contribution in [0.5, 0.6) is 0 Å². The van der Waals surface area contributed by atoms with E-state index in [1.165, 1.54) is 12.4 Å². The maximum absolute atomic E-state index is 7.97. The summed E-state index contributed by atoms with van der Waals surface area (Å²) in [5.74, 6) is 0. The van der Waals surface area contributed by atoms with E-state index in [1.807, 2.05) is 0 Å². The molecule has 0 unspecified atom stereocenters. The lowest BCUT2D eigenvalue weighted by Crippen LogP contribution is -1.61. The highest BCUT2D eigenvalue weighted by atomic mass is 16.4. The number of rotatable bonds is 4. The third-order valence-electron chi connectivity index (χ3n) is 0.861. The molecule has 0 fully saturated rings. The molecule has 0 spiro atoms. The lowest BCUT2D eigenvalue weighted by Gasteiger charge is -1.71. The summed E-state index contributed by atoms with van der Waals surface area (Å²) in [5, 5.41) is 21.5. The average Bonchev–Trinajstić information content (AvgIpc) is 2.10. The summed E-state index contributed by atoms with van der Waals surface area (Å²) in [4.78, 5) is 0. The molecule has 12 heavy (non-hydrogen) atoms. The number of oxime groups is 2. The molecule has 0 amide bonds. The Morgan fingerprint density at radius 1 is 0.583 bits per heavy atom. The van der Waals surface area contributed by atoms with Gasteiger partial charge in [-0.05, 0) is 12.2 Å². The molecule has 0 aromatic rings. The fraction of sp³-hybridized carbons (Fsp3) is 0. The molecule has 0 saturated carbocycles. The van der Waals surface area contributed by atoms with E-state index in [-0.39, 0.29) is 0 Å².